The number of imide groups is 1. The predicted molar refractivity (Wildman–Crippen MR) is 59.1 cm³/mol. The van der Waals surface area contributed by atoms with Gasteiger partial charge < -0.3 is 5.32 Å². The van der Waals surface area contributed by atoms with Crippen LogP contribution < -0.4 is 5.32 Å². The molecule has 1 aromatic heterocycles. The zero-order valence-electron chi connectivity index (χ0n) is 8.88. The summed E-state index contributed by atoms with van der Waals surface area (Å²) >= 11 is 1.21. The van der Waals surface area contributed by atoms with Gasteiger partial charge in [-0.3, -0.25) is 19.3 Å². The molecule has 3 amide bonds. The smallest absolute Gasteiger partial charge is 0.229 e. The predicted octanol–water partition coefficient (Wildman–Crippen LogP) is 0.0157. The van der Waals surface area contributed by atoms with Crippen LogP contribution in [0.2, 0.25) is 0 Å². The van der Waals surface area contributed by atoms with Crippen LogP contribution >= 0.6 is 11.3 Å². The fraction of sp³-hybridized carbons (Fsp3) is 0.444. The molecular formula is C9H10N4O3S. The Labute approximate surface area is 101 Å². The number of rotatable bonds is 4. The van der Waals surface area contributed by atoms with Gasteiger partial charge in [0.05, 0.1) is 0 Å². The lowest BCUT2D eigenvalue weighted by Gasteiger charge is -2.12. The Bertz CT molecular complexity index is 429. The number of hydrogen-bond acceptors (Lipinski definition) is 6. The summed E-state index contributed by atoms with van der Waals surface area (Å²) in [6, 6.07) is 0. The van der Waals surface area contributed by atoms with Crippen LogP contribution in [0.3, 0.4) is 0 Å². The zero-order valence-corrected chi connectivity index (χ0v) is 9.70. The van der Waals surface area contributed by atoms with Crippen molar-refractivity contribution in [3.63, 3.8) is 0 Å². The highest BCUT2D eigenvalue weighted by molar-refractivity contribution is 7.13. The van der Waals surface area contributed by atoms with Crippen molar-refractivity contribution in [2.24, 2.45) is 0 Å². The van der Waals surface area contributed by atoms with Gasteiger partial charge in [0.25, 0.3) is 0 Å². The van der Waals surface area contributed by atoms with E-state index in [1.54, 1.807) is 0 Å². The molecular weight excluding hydrogens is 244 g/mol. The molecule has 0 aliphatic carbocycles. The molecule has 1 fully saturated rings. The Hall–Kier alpha value is -1.83. The SMILES string of the molecule is O=C(CCN1C(=O)CCC1=O)Nc1nncs1. The normalized spacial score (nSPS) is 15.4. The Kier molecular flexibility index (Phi) is 3.43. The van der Waals surface area contributed by atoms with Crippen LogP contribution in [0, 0.1) is 0 Å². The average Bonchev–Trinajstić information content (AvgIpc) is 2.88. The van der Waals surface area contributed by atoms with E-state index in [0.717, 1.165) is 4.90 Å². The van der Waals surface area contributed by atoms with Gasteiger partial charge in [-0.2, -0.15) is 0 Å². The minimum absolute atomic E-state index is 0.0804. The Morgan fingerprint density at radius 2 is 2.12 bits per heavy atom. The summed E-state index contributed by atoms with van der Waals surface area (Å²) in [5.74, 6) is -0.702. The number of amides is 3. The number of nitrogens with one attached hydrogen (secondary N) is 1. The van der Waals surface area contributed by atoms with Gasteiger partial charge in [0, 0.05) is 25.8 Å². The summed E-state index contributed by atoms with van der Waals surface area (Å²) in [5.41, 5.74) is 1.50. The van der Waals surface area contributed by atoms with E-state index in [-0.39, 0.29) is 43.5 Å². The van der Waals surface area contributed by atoms with Crippen molar-refractivity contribution in [3.05, 3.63) is 5.51 Å². The Morgan fingerprint density at radius 1 is 1.41 bits per heavy atom. The molecule has 7 nitrogen and oxygen atoms in total. The maximum Gasteiger partial charge on any atom is 0.229 e. The molecule has 1 aliphatic heterocycles. The first-order valence-electron chi connectivity index (χ1n) is 5.06. The van der Waals surface area contributed by atoms with E-state index >= 15 is 0 Å². The summed E-state index contributed by atoms with van der Waals surface area (Å²) < 4.78 is 0. The minimum Gasteiger partial charge on any atom is -0.300 e. The second-order valence-electron chi connectivity index (χ2n) is 3.48. The Morgan fingerprint density at radius 3 is 2.71 bits per heavy atom. The van der Waals surface area contributed by atoms with Crippen LogP contribution in [-0.2, 0) is 14.4 Å². The molecule has 0 saturated carbocycles. The van der Waals surface area contributed by atoms with E-state index in [9.17, 15) is 14.4 Å². The van der Waals surface area contributed by atoms with Gasteiger partial charge >= 0.3 is 0 Å². The molecule has 0 radical (unpaired) electrons. The van der Waals surface area contributed by atoms with Crippen LogP contribution in [0.4, 0.5) is 5.13 Å². The van der Waals surface area contributed by atoms with Gasteiger partial charge in [0.1, 0.15) is 5.51 Å². The first-order valence-corrected chi connectivity index (χ1v) is 5.94. The molecule has 0 unspecified atom stereocenters. The maximum absolute atomic E-state index is 11.5. The molecule has 1 saturated heterocycles. The van der Waals surface area contributed by atoms with Gasteiger partial charge in [0.15, 0.2) is 0 Å². The monoisotopic (exact) mass is 254 g/mol. The van der Waals surface area contributed by atoms with Crippen molar-refractivity contribution in [1.82, 2.24) is 15.1 Å². The molecule has 1 aliphatic rings. The van der Waals surface area contributed by atoms with Crippen LogP contribution in [0.25, 0.3) is 0 Å². The molecule has 2 rings (SSSR count). The number of anilines is 1. The van der Waals surface area contributed by atoms with Crippen molar-refractivity contribution in [1.29, 1.82) is 0 Å². The zero-order chi connectivity index (χ0) is 12.3. The lowest BCUT2D eigenvalue weighted by atomic mass is 10.3. The fourth-order valence-electron chi connectivity index (χ4n) is 1.49. The second kappa shape index (κ2) is 5.00. The van der Waals surface area contributed by atoms with Gasteiger partial charge in [-0.05, 0) is 0 Å². The van der Waals surface area contributed by atoms with Gasteiger partial charge in [0.2, 0.25) is 22.9 Å². The quantitative estimate of drug-likeness (QED) is 0.764. The van der Waals surface area contributed by atoms with Crippen LogP contribution in [0.5, 0.6) is 0 Å². The van der Waals surface area contributed by atoms with E-state index in [2.05, 4.69) is 15.5 Å². The number of likely N-dealkylation sites (tertiary alicyclic amines) is 1. The van der Waals surface area contributed by atoms with Crippen LogP contribution in [-0.4, -0.2) is 39.4 Å². The molecule has 0 spiro atoms. The number of carbonyl (C=O) groups is 3. The van der Waals surface area contributed by atoms with Crippen LogP contribution in [0.1, 0.15) is 19.3 Å². The van der Waals surface area contributed by atoms with E-state index in [0.29, 0.717) is 5.13 Å². The van der Waals surface area contributed by atoms with Gasteiger partial charge in [-0.15, -0.1) is 10.2 Å². The van der Waals surface area contributed by atoms with Gasteiger partial charge in [-0.1, -0.05) is 11.3 Å². The molecule has 1 N–H and O–H groups in total. The number of hydrogen-bond donors (Lipinski definition) is 1. The topological polar surface area (TPSA) is 92.3 Å². The summed E-state index contributed by atoms with van der Waals surface area (Å²) in [4.78, 5) is 35.1. The molecule has 1 aromatic rings. The molecule has 0 bridgehead atoms. The minimum atomic E-state index is -0.283. The first-order chi connectivity index (χ1) is 8.16. The third-order valence-corrected chi connectivity index (χ3v) is 2.93. The highest BCUT2D eigenvalue weighted by atomic mass is 32.1. The fourth-order valence-corrected chi connectivity index (χ4v) is 1.96. The highest BCUT2D eigenvalue weighted by Gasteiger charge is 2.28. The van der Waals surface area contributed by atoms with Crippen molar-refractivity contribution in [2.75, 3.05) is 11.9 Å². The van der Waals surface area contributed by atoms with Crippen molar-refractivity contribution < 1.29 is 14.4 Å². The highest BCUT2D eigenvalue weighted by Crippen LogP contribution is 2.13. The van der Waals surface area contributed by atoms with E-state index in [1.165, 1.54) is 16.8 Å². The lowest BCUT2D eigenvalue weighted by molar-refractivity contribution is -0.138. The van der Waals surface area contributed by atoms with E-state index in [4.69, 9.17) is 0 Å². The molecule has 8 heteroatoms. The van der Waals surface area contributed by atoms with Crippen molar-refractivity contribution >= 4 is 34.2 Å². The summed E-state index contributed by atoms with van der Waals surface area (Å²) in [5, 5.41) is 10.2. The summed E-state index contributed by atoms with van der Waals surface area (Å²) in [6.07, 6.45) is 0.574. The largest absolute Gasteiger partial charge is 0.300 e. The third kappa shape index (κ3) is 2.84. The average molecular weight is 254 g/mol. The molecule has 0 atom stereocenters. The standard InChI is InChI=1S/C9H10N4O3S/c14-6(11-9-12-10-5-17-9)3-4-13-7(15)1-2-8(13)16/h5H,1-4H2,(H,11,12,14). The van der Waals surface area contributed by atoms with Crippen LogP contribution in [0.15, 0.2) is 5.51 Å². The molecule has 90 valence electrons. The maximum atomic E-state index is 11.5. The Balaban J connectivity index is 1.80. The van der Waals surface area contributed by atoms with Gasteiger partial charge in [-0.25, -0.2) is 0 Å². The van der Waals surface area contributed by atoms with E-state index in [1.807, 2.05) is 0 Å². The lowest BCUT2D eigenvalue weighted by Crippen LogP contribution is -2.32. The summed E-state index contributed by atoms with van der Waals surface area (Å²) in [7, 11) is 0. The number of carbonyl (C=O) groups excluding carboxylic acids is 3. The van der Waals surface area contributed by atoms with Crippen molar-refractivity contribution in [2.45, 2.75) is 19.3 Å². The number of nitrogens with zero attached hydrogens (tertiary/aromatic N) is 3. The number of aromatic nitrogens is 2. The second-order valence-corrected chi connectivity index (χ2v) is 4.31. The molecule has 17 heavy (non-hydrogen) atoms. The van der Waals surface area contributed by atoms with Crippen molar-refractivity contribution in [3.8, 4) is 0 Å². The molecule has 2 heterocycles. The third-order valence-electron chi connectivity index (χ3n) is 2.32. The van der Waals surface area contributed by atoms with E-state index < -0.39 is 0 Å². The molecule has 0 aromatic carbocycles. The first kappa shape index (κ1) is 11.6. The summed E-state index contributed by atoms with van der Waals surface area (Å²) in [6.45, 7) is 0.127.